The molecular formula is C22H23Cl2N5O2. The molecule has 1 amide bonds. The first-order chi connectivity index (χ1) is 15.0. The molecule has 0 radical (unpaired) electrons. The van der Waals surface area contributed by atoms with Gasteiger partial charge in [-0.2, -0.15) is 0 Å². The van der Waals surface area contributed by atoms with E-state index >= 15 is 0 Å². The van der Waals surface area contributed by atoms with Crippen LogP contribution in [0.1, 0.15) is 30.1 Å². The molecule has 1 aliphatic carbocycles. The zero-order valence-corrected chi connectivity index (χ0v) is 18.5. The molecule has 1 aromatic carbocycles. The number of aliphatic hydroxyl groups is 1. The summed E-state index contributed by atoms with van der Waals surface area (Å²) in [4.78, 5) is 25.3. The van der Waals surface area contributed by atoms with Crippen LogP contribution in [0, 0.1) is 0 Å². The van der Waals surface area contributed by atoms with Crippen molar-refractivity contribution in [1.29, 1.82) is 0 Å². The first-order valence-electron chi connectivity index (χ1n) is 10.5. The number of carbonyl (C=O) groups excluding carboxylic acids is 1. The Labute approximate surface area is 190 Å². The largest absolute Gasteiger partial charge is 0.387 e. The molecule has 0 unspecified atom stereocenters. The molecule has 0 spiro atoms. The molecule has 2 fully saturated rings. The van der Waals surface area contributed by atoms with E-state index in [0.29, 0.717) is 35.6 Å². The van der Waals surface area contributed by atoms with E-state index in [1.165, 1.54) is 12.8 Å². The molecule has 162 valence electrons. The molecule has 1 aliphatic heterocycles. The summed E-state index contributed by atoms with van der Waals surface area (Å²) in [6, 6.07) is 5.46. The molecule has 3 aromatic rings. The summed E-state index contributed by atoms with van der Waals surface area (Å²) in [5.74, 6) is 0.318. The number of hydrogen-bond donors (Lipinski definition) is 1. The minimum absolute atomic E-state index is 0.219. The number of fused-ring (bicyclic) bond motifs is 1. The molecule has 0 atom stereocenters. The van der Waals surface area contributed by atoms with E-state index in [2.05, 4.69) is 20.5 Å². The van der Waals surface area contributed by atoms with Crippen molar-refractivity contribution in [1.82, 2.24) is 24.2 Å². The van der Waals surface area contributed by atoms with Crippen molar-refractivity contribution >= 4 is 34.8 Å². The van der Waals surface area contributed by atoms with E-state index in [4.69, 9.17) is 33.3 Å². The van der Waals surface area contributed by atoms with Crippen molar-refractivity contribution in [2.24, 2.45) is 0 Å². The van der Waals surface area contributed by atoms with E-state index in [9.17, 15) is 4.79 Å². The predicted octanol–water partition coefficient (Wildman–Crippen LogP) is 3.22. The lowest BCUT2D eigenvalue weighted by atomic mass is 10.1. The van der Waals surface area contributed by atoms with Crippen LogP contribution in [0.2, 0.25) is 10.0 Å². The molecule has 1 saturated heterocycles. The summed E-state index contributed by atoms with van der Waals surface area (Å²) in [6.07, 6.45) is 6.30. The molecule has 3 heterocycles. The zero-order chi connectivity index (χ0) is 21.5. The Balaban J connectivity index is 1.51. The Morgan fingerprint density at radius 1 is 1.16 bits per heavy atom. The van der Waals surface area contributed by atoms with E-state index in [1.807, 2.05) is 18.3 Å². The maximum Gasteiger partial charge on any atom is 0.248 e. The molecule has 2 aromatic heterocycles. The van der Waals surface area contributed by atoms with Gasteiger partial charge in [-0.25, -0.2) is 4.98 Å². The molecule has 1 saturated carbocycles. The lowest BCUT2D eigenvalue weighted by molar-refractivity contribution is -0.136. The second-order valence-electron chi connectivity index (χ2n) is 8.16. The van der Waals surface area contributed by atoms with Crippen LogP contribution < -0.4 is 0 Å². The monoisotopic (exact) mass is 459 g/mol. The quantitative estimate of drug-likeness (QED) is 0.633. The average molecular weight is 460 g/mol. The number of carbonyl (C=O) groups is 1. The van der Waals surface area contributed by atoms with Crippen LogP contribution in [0.5, 0.6) is 0 Å². The highest BCUT2D eigenvalue weighted by Crippen LogP contribution is 2.39. The third kappa shape index (κ3) is 4.15. The van der Waals surface area contributed by atoms with Crippen LogP contribution in [0.3, 0.4) is 0 Å². The van der Waals surface area contributed by atoms with E-state index in [1.54, 1.807) is 11.0 Å². The molecule has 31 heavy (non-hydrogen) atoms. The van der Waals surface area contributed by atoms with Gasteiger partial charge >= 0.3 is 0 Å². The van der Waals surface area contributed by atoms with Crippen molar-refractivity contribution in [3.8, 4) is 11.3 Å². The highest BCUT2D eigenvalue weighted by atomic mass is 35.5. The lowest BCUT2D eigenvalue weighted by Crippen LogP contribution is -2.49. The predicted molar refractivity (Wildman–Crippen MR) is 119 cm³/mol. The van der Waals surface area contributed by atoms with Gasteiger partial charge in [-0.3, -0.25) is 19.1 Å². The first kappa shape index (κ1) is 20.7. The second-order valence-corrected chi connectivity index (χ2v) is 9.00. The number of hydrogen-bond acceptors (Lipinski definition) is 5. The van der Waals surface area contributed by atoms with Gasteiger partial charge in [-0.05, 0) is 31.0 Å². The molecule has 1 N–H and O–H groups in total. The summed E-state index contributed by atoms with van der Waals surface area (Å²) < 4.78 is 2.13. The molecule has 9 heteroatoms. The van der Waals surface area contributed by atoms with Gasteiger partial charge in [-0.15, -0.1) is 0 Å². The van der Waals surface area contributed by atoms with Gasteiger partial charge in [0.25, 0.3) is 0 Å². The van der Waals surface area contributed by atoms with Crippen LogP contribution in [0.4, 0.5) is 0 Å². The fourth-order valence-electron chi connectivity index (χ4n) is 4.12. The summed E-state index contributed by atoms with van der Waals surface area (Å²) in [5, 5.41) is 10.3. The highest BCUT2D eigenvalue weighted by molar-refractivity contribution is 6.36. The van der Waals surface area contributed by atoms with Crippen LogP contribution in [0.15, 0.2) is 30.6 Å². The Hall–Kier alpha value is -2.19. The van der Waals surface area contributed by atoms with E-state index in [0.717, 1.165) is 41.4 Å². The van der Waals surface area contributed by atoms with Crippen LogP contribution in [-0.2, 0) is 11.3 Å². The minimum Gasteiger partial charge on any atom is -0.387 e. The van der Waals surface area contributed by atoms with Crippen LogP contribution >= 0.6 is 23.2 Å². The van der Waals surface area contributed by atoms with Crippen molar-refractivity contribution in [3.63, 3.8) is 0 Å². The number of aliphatic hydroxyl groups excluding tert-OH is 1. The topological polar surface area (TPSA) is 74.0 Å². The Morgan fingerprint density at radius 3 is 2.61 bits per heavy atom. The number of amides is 1. The Morgan fingerprint density at radius 2 is 1.94 bits per heavy atom. The first-order valence-corrected chi connectivity index (χ1v) is 11.2. The number of rotatable bonds is 5. The molecular weight excluding hydrogens is 437 g/mol. The van der Waals surface area contributed by atoms with Gasteiger partial charge in [0.15, 0.2) is 5.65 Å². The SMILES string of the molecule is O=C(CO)N1CCN(Cc2c(-c3ccc(Cl)cc3Cl)nc3cnc(C4CC4)cn23)CC1. The van der Waals surface area contributed by atoms with Gasteiger partial charge in [-0.1, -0.05) is 23.2 Å². The fourth-order valence-corrected chi connectivity index (χ4v) is 4.62. The fraction of sp³-hybridized carbons (Fsp3) is 0.409. The van der Waals surface area contributed by atoms with Gasteiger partial charge in [0.05, 0.1) is 28.3 Å². The van der Waals surface area contributed by atoms with E-state index in [-0.39, 0.29) is 5.91 Å². The third-order valence-electron chi connectivity index (χ3n) is 6.04. The van der Waals surface area contributed by atoms with Gasteiger partial charge in [0, 0.05) is 55.4 Å². The van der Waals surface area contributed by atoms with Crippen molar-refractivity contribution in [2.45, 2.75) is 25.3 Å². The van der Waals surface area contributed by atoms with Crippen LogP contribution in [0.25, 0.3) is 16.9 Å². The number of nitrogens with zero attached hydrogens (tertiary/aromatic N) is 5. The number of halogens is 2. The highest BCUT2D eigenvalue weighted by Gasteiger charge is 2.27. The maximum atomic E-state index is 11.8. The number of imidazole rings is 1. The normalized spacial score (nSPS) is 17.5. The Kier molecular flexibility index (Phi) is 5.60. The average Bonchev–Trinajstić information content (AvgIpc) is 3.57. The van der Waals surface area contributed by atoms with Gasteiger partial charge in [0.2, 0.25) is 5.91 Å². The summed E-state index contributed by atoms with van der Waals surface area (Å²) in [6.45, 7) is 2.89. The number of benzene rings is 1. The molecule has 0 bridgehead atoms. The van der Waals surface area contributed by atoms with Crippen molar-refractivity contribution in [3.05, 3.63) is 52.0 Å². The van der Waals surface area contributed by atoms with Gasteiger partial charge < -0.3 is 10.0 Å². The molecule has 2 aliphatic rings. The summed E-state index contributed by atoms with van der Waals surface area (Å²) in [7, 11) is 0. The Bertz CT molecular complexity index is 1140. The standard InChI is InChI=1S/C22H23Cl2N5O2/c23-15-3-4-16(17(24)9-15)22-19(12-27-5-7-28(8-6-27)21(31)13-30)29-11-18(14-1-2-14)25-10-20(29)26-22/h3-4,9-11,14,30H,1-2,5-8,12-13H2. The summed E-state index contributed by atoms with van der Waals surface area (Å²) >= 11 is 12.7. The van der Waals surface area contributed by atoms with Gasteiger partial charge in [0.1, 0.15) is 6.61 Å². The minimum atomic E-state index is -0.441. The second kappa shape index (κ2) is 8.39. The lowest BCUT2D eigenvalue weighted by Gasteiger charge is -2.34. The number of aromatic nitrogens is 3. The maximum absolute atomic E-state index is 11.8. The van der Waals surface area contributed by atoms with Crippen LogP contribution in [-0.4, -0.2) is 68.0 Å². The summed E-state index contributed by atoms with van der Waals surface area (Å²) in [5.41, 5.74) is 4.59. The third-order valence-corrected chi connectivity index (χ3v) is 6.59. The van der Waals surface area contributed by atoms with Crippen molar-refractivity contribution in [2.75, 3.05) is 32.8 Å². The molecule has 7 nitrogen and oxygen atoms in total. The smallest absolute Gasteiger partial charge is 0.248 e. The molecule has 5 rings (SSSR count). The number of piperazine rings is 1. The van der Waals surface area contributed by atoms with E-state index < -0.39 is 6.61 Å². The van der Waals surface area contributed by atoms with Crippen molar-refractivity contribution < 1.29 is 9.90 Å². The zero-order valence-electron chi connectivity index (χ0n) is 17.0.